The van der Waals surface area contributed by atoms with E-state index in [1.54, 1.807) is 0 Å². The van der Waals surface area contributed by atoms with Crippen LogP contribution in [0.5, 0.6) is 0 Å². The number of hydrogen-bond donors (Lipinski definition) is 0. The highest BCUT2D eigenvalue weighted by molar-refractivity contribution is 5.22. The molecule has 0 atom stereocenters. The van der Waals surface area contributed by atoms with E-state index in [4.69, 9.17) is 0 Å². The number of rotatable bonds is 2. The zero-order valence-electron chi connectivity index (χ0n) is 11.4. The SMILES string of the molecule is CC.CCC.CCc1ccc(CC)cc1. The van der Waals surface area contributed by atoms with Gasteiger partial charge in [0.1, 0.15) is 0 Å². The fourth-order valence-corrected chi connectivity index (χ4v) is 1.01. The third-order valence-corrected chi connectivity index (χ3v) is 1.84. The van der Waals surface area contributed by atoms with Crippen LogP contribution in [-0.2, 0) is 12.8 Å². The molecule has 0 unspecified atom stereocenters. The van der Waals surface area contributed by atoms with Gasteiger partial charge < -0.3 is 0 Å². The van der Waals surface area contributed by atoms with E-state index in [9.17, 15) is 0 Å². The van der Waals surface area contributed by atoms with Crippen molar-refractivity contribution in [3.8, 4) is 0 Å². The molecular weight excluding hydrogens is 180 g/mol. The molecule has 0 amide bonds. The van der Waals surface area contributed by atoms with Gasteiger partial charge in [-0.1, -0.05) is 72.2 Å². The minimum atomic E-state index is 1.14. The van der Waals surface area contributed by atoms with Gasteiger partial charge in [0.05, 0.1) is 0 Å². The Morgan fingerprint density at radius 2 is 0.867 bits per heavy atom. The third kappa shape index (κ3) is 9.52. The Kier molecular flexibility index (Phi) is 14.7. The molecule has 0 nitrogen and oxygen atoms in total. The first-order valence-electron chi connectivity index (χ1n) is 6.36. The minimum absolute atomic E-state index is 1.14. The zero-order valence-corrected chi connectivity index (χ0v) is 11.4. The number of aryl methyl sites for hydroxylation is 2. The van der Waals surface area contributed by atoms with Crippen molar-refractivity contribution in [2.45, 2.75) is 60.8 Å². The number of hydrogen-bond acceptors (Lipinski definition) is 0. The Morgan fingerprint density at radius 3 is 1.00 bits per heavy atom. The predicted octanol–water partition coefficient (Wildman–Crippen LogP) is 5.25. The highest BCUT2D eigenvalue weighted by Gasteiger charge is 1.88. The van der Waals surface area contributed by atoms with Gasteiger partial charge >= 0.3 is 0 Å². The smallest absolute Gasteiger partial charge is 0.0307 e. The van der Waals surface area contributed by atoms with Crippen LogP contribution in [0.25, 0.3) is 0 Å². The average molecular weight is 208 g/mol. The first-order valence-corrected chi connectivity index (χ1v) is 6.36. The third-order valence-electron chi connectivity index (χ3n) is 1.84. The van der Waals surface area contributed by atoms with E-state index in [0.717, 1.165) is 12.8 Å². The van der Waals surface area contributed by atoms with Gasteiger partial charge in [0, 0.05) is 0 Å². The summed E-state index contributed by atoms with van der Waals surface area (Å²) in [5.41, 5.74) is 2.86. The van der Waals surface area contributed by atoms with Crippen molar-refractivity contribution < 1.29 is 0 Å². The molecule has 88 valence electrons. The van der Waals surface area contributed by atoms with Gasteiger partial charge in [-0.25, -0.2) is 0 Å². The molecule has 1 aromatic rings. The molecule has 15 heavy (non-hydrogen) atoms. The predicted molar refractivity (Wildman–Crippen MR) is 72.5 cm³/mol. The molecule has 0 bridgehead atoms. The summed E-state index contributed by atoms with van der Waals surface area (Å²) in [4.78, 5) is 0. The van der Waals surface area contributed by atoms with Crippen molar-refractivity contribution in [2.24, 2.45) is 0 Å². The van der Waals surface area contributed by atoms with Crippen LogP contribution >= 0.6 is 0 Å². The highest BCUT2D eigenvalue weighted by atomic mass is 13.9. The lowest BCUT2D eigenvalue weighted by Crippen LogP contribution is -1.81. The lowest BCUT2D eigenvalue weighted by Gasteiger charge is -1.97. The molecule has 0 heterocycles. The summed E-state index contributed by atoms with van der Waals surface area (Å²) in [7, 11) is 0. The Labute approximate surface area is 96.7 Å². The first-order chi connectivity index (χ1) is 7.28. The van der Waals surface area contributed by atoms with Crippen LogP contribution in [0.2, 0.25) is 0 Å². The second kappa shape index (κ2) is 13.2. The zero-order chi connectivity index (χ0) is 12.1. The maximum Gasteiger partial charge on any atom is -0.0307 e. The molecule has 0 spiro atoms. The largest absolute Gasteiger partial charge is 0.0683 e. The van der Waals surface area contributed by atoms with Crippen molar-refractivity contribution in [1.29, 1.82) is 0 Å². The van der Waals surface area contributed by atoms with Crippen molar-refractivity contribution >= 4 is 0 Å². The van der Waals surface area contributed by atoms with Crippen LogP contribution in [0.15, 0.2) is 24.3 Å². The van der Waals surface area contributed by atoms with Gasteiger partial charge in [0.15, 0.2) is 0 Å². The summed E-state index contributed by atoms with van der Waals surface area (Å²) in [6.07, 6.45) is 3.54. The summed E-state index contributed by atoms with van der Waals surface area (Å²) in [5, 5.41) is 0. The van der Waals surface area contributed by atoms with Crippen molar-refractivity contribution in [1.82, 2.24) is 0 Å². The molecule has 1 aromatic carbocycles. The summed E-state index contributed by atoms with van der Waals surface area (Å²) < 4.78 is 0. The van der Waals surface area contributed by atoms with Crippen molar-refractivity contribution in [3.05, 3.63) is 35.4 Å². The van der Waals surface area contributed by atoms with Crippen molar-refractivity contribution in [2.75, 3.05) is 0 Å². The Balaban J connectivity index is 0. The van der Waals surface area contributed by atoms with Crippen LogP contribution in [0, 0.1) is 0 Å². The maximum atomic E-state index is 2.21. The van der Waals surface area contributed by atoms with E-state index in [0.29, 0.717) is 0 Å². The molecule has 0 saturated carbocycles. The van der Waals surface area contributed by atoms with E-state index in [-0.39, 0.29) is 0 Å². The summed E-state index contributed by atoms with van der Waals surface area (Å²) in [5.74, 6) is 0. The quantitative estimate of drug-likeness (QED) is 0.622. The van der Waals surface area contributed by atoms with Gasteiger partial charge in [-0.2, -0.15) is 0 Å². The van der Waals surface area contributed by atoms with E-state index < -0.39 is 0 Å². The fourth-order valence-electron chi connectivity index (χ4n) is 1.01. The highest BCUT2D eigenvalue weighted by Crippen LogP contribution is 2.04. The topological polar surface area (TPSA) is 0 Å². The molecular formula is C15H28. The second-order valence-electron chi connectivity index (χ2n) is 3.23. The van der Waals surface area contributed by atoms with Crippen LogP contribution in [0.1, 0.15) is 59.1 Å². The molecule has 0 aromatic heterocycles. The van der Waals surface area contributed by atoms with Crippen molar-refractivity contribution in [3.63, 3.8) is 0 Å². The van der Waals surface area contributed by atoms with Gasteiger partial charge in [-0.15, -0.1) is 0 Å². The molecule has 0 fully saturated rings. The van der Waals surface area contributed by atoms with E-state index >= 15 is 0 Å². The van der Waals surface area contributed by atoms with Gasteiger partial charge in [-0.3, -0.25) is 0 Å². The van der Waals surface area contributed by atoms with Crippen LogP contribution in [-0.4, -0.2) is 0 Å². The summed E-state index contributed by atoms with van der Waals surface area (Å²) in [6, 6.07) is 8.83. The second-order valence-corrected chi connectivity index (χ2v) is 3.23. The standard InChI is InChI=1S/C10H14.C3H8.C2H6/c1-3-9-5-7-10(4-2)8-6-9;1-3-2;1-2/h5-8H,3-4H2,1-2H3;3H2,1-2H3;1-2H3. The Bertz CT molecular complexity index is 173. The molecule has 0 aliphatic rings. The van der Waals surface area contributed by atoms with Crippen LogP contribution < -0.4 is 0 Å². The normalized spacial score (nSPS) is 8.13. The van der Waals surface area contributed by atoms with E-state index in [1.165, 1.54) is 17.5 Å². The molecule has 0 aliphatic carbocycles. The lowest BCUT2D eigenvalue weighted by atomic mass is 10.1. The van der Waals surface area contributed by atoms with E-state index in [2.05, 4.69) is 52.0 Å². The summed E-state index contributed by atoms with van der Waals surface area (Å²) in [6.45, 7) is 12.6. The monoisotopic (exact) mass is 208 g/mol. The van der Waals surface area contributed by atoms with Gasteiger partial charge in [0.25, 0.3) is 0 Å². The van der Waals surface area contributed by atoms with Crippen LogP contribution in [0.4, 0.5) is 0 Å². The minimum Gasteiger partial charge on any atom is -0.0683 e. The first kappa shape index (κ1) is 16.6. The van der Waals surface area contributed by atoms with E-state index in [1.807, 2.05) is 13.8 Å². The molecule has 0 saturated heterocycles. The molecule has 0 heteroatoms. The molecule has 0 aliphatic heterocycles. The summed E-state index contributed by atoms with van der Waals surface area (Å²) >= 11 is 0. The van der Waals surface area contributed by atoms with Gasteiger partial charge in [-0.05, 0) is 24.0 Å². The maximum absolute atomic E-state index is 2.21. The van der Waals surface area contributed by atoms with Gasteiger partial charge in [0.2, 0.25) is 0 Å². The Morgan fingerprint density at radius 1 is 0.667 bits per heavy atom. The van der Waals surface area contributed by atoms with Crippen LogP contribution in [0.3, 0.4) is 0 Å². The molecule has 1 rings (SSSR count). The molecule has 0 radical (unpaired) electrons. The Hall–Kier alpha value is -0.780. The molecule has 0 N–H and O–H groups in total. The fraction of sp³-hybridized carbons (Fsp3) is 0.600. The average Bonchev–Trinajstić information content (AvgIpc) is 2.33. The number of benzene rings is 1. The lowest BCUT2D eigenvalue weighted by molar-refractivity contribution is 1.09.